The van der Waals surface area contributed by atoms with E-state index in [9.17, 15) is 4.79 Å². The Labute approximate surface area is 134 Å². The first-order valence-electron chi connectivity index (χ1n) is 7.31. The summed E-state index contributed by atoms with van der Waals surface area (Å²) in [6, 6.07) is 9.62. The minimum atomic E-state index is -0.504. The smallest absolute Gasteiger partial charge is 0.254 e. The van der Waals surface area contributed by atoms with Crippen molar-refractivity contribution in [3.05, 3.63) is 46.3 Å². The zero-order valence-corrected chi connectivity index (χ0v) is 13.0. The van der Waals surface area contributed by atoms with Crippen LogP contribution in [-0.2, 0) is 25.6 Å². The molecule has 0 bridgehead atoms. The maximum atomic E-state index is 11.9. The van der Waals surface area contributed by atoms with Gasteiger partial charge in [0, 0.05) is 25.1 Å². The molecule has 1 heterocycles. The van der Waals surface area contributed by atoms with Crippen LogP contribution in [0, 0.1) is 0 Å². The first-order chi connectivity index (χ1) is 11.3. The fourth-order valence-corrected chi connectivity index (χ4v) is 2.44. The summed E-state index contributed by atoms with van der Waals surface area (Å²) < 4.78 is 16.1. The number of azide groups is 1. The number of carbonyl (C=O) groups is 1. The maximum absolute atomic E-state index is 11.9. The standard InChI is InChI=1S/C15H20N4O4/c1-21-14-13(19(15(14)20)8-7-17-18-16)10-23-11-22-9-12-5-3-2-4-6-12/h2-6,13-14H,7-11H2,1H3/t13-,14+/m0/s1. The quantitative estimate of drug-likeness (QED) is 0.164. The number of amides is 1. The molecule has 1 aromatic rings. The van der Waals surface area contributed by atoms with Crippen LogP contribution >= 0.6 is 0 Å². The van der Waals surface area contributed by atoms with E-state index < -0.39 is 6.10 Å². The number of methoxy groups -OCH3 is 1. The monoisotopic (exact) mass is 320 g/mol. The van der Waals surface area contributed by atoms with Gasteiger partial charge in [-0.2, -0.15) is 0 Å². The first-order valence-corrected chi connectivity index (χ1v) is 7.31. The summed E-state index contributed by atoms with van der Waals surface area (Å²) >= 11 is 0. The van der Waals surface area contributed by atoms with E-state index in [-0.39, 0.29) is 25.3 Å². The number of β-lactam (4-membered cyclic amide) rings is 1. The summed E-state index contributed by atoms with van der Waals surface area (Å²) in [5.74, 6) is -0.112. The first kappa shape index (κ1) is 17.2. The number of rotatable bonds is 10. The lowest BCUT2D eigenvalue weighted by Gasteiger charge is -2.45. The molecule has 1 aromatic carbocycles. The molecule has 124 valence electrons. The molecule has 1 aliphatic rings. The van der Waals surface area contributed by atoms with E-state index >= 15 is 0 Å². The van der Waals surface area contributed by atoms with Crippen LogP contribution in [0.1, 0.15) is 5.56 Å². The molecule has 2 atom stereocenters. The average Bonchev–Trinajstić information content (AvgIpc) is 2.58. The Morgan fingerprint density at radius 3 is 2.78 bits per heavy atom. The van der Waals surface area contributed by atoms with Crippen molar-refractivity contribution in [1.29, 1.82) is 0 Å². The van der Waals surface area contributed by atoms with Crippen molar-refractivity contribution in [3.8, 4) is 0 Å². The van der Waals surface area contributed by atoms with E-state index in [4.69, 9.17) is 19.7 Å². The Morgan fingerprint density at radius 2 is 2.09 bits per heavy atom. The van der Waals surface area contributed by atoms with Gasteiger partial charge in [0.25, 0.3) is 5.91 Å². The van der Waals surface area contributed by atoms with Gasteiger partial charge < -0.3 is 19.1 Å². The lowest BCUT2D eigenvalue weighted by atomic mass is 9.99. The van der Waals surface area contributed by atoms with E-state index in [1.165, 1.54) is 7.11 Å². The van der Waals surface area contributed by atoms with Gasteiger partial charge in [-0.25, -0.2) is 0 Å². The Bertz CT molecular complexity index is 548. The predicted octanol–water partition coefficient (Wildman–Crippen LogP) is 1.71. The SMILES string of the molecule is CO[C@H]1C(=O)N(CCN=[N+]=[N-])[C@H]1COCOCc1ccccc1. The average molecular weight is 320 g/mol. The van der Waals surface area contributed by atoms with Gasteiger partial charge in [-0.3, -0.25) is 4.79 Å². The highest BCUT2D eigenvalue weighted by Gasteiger charge is 2.47. The summed E-state index contributed by atoms with van der Waals surface area (Å²) in [6.45, 7) is 1.52. The Morgan fingerprint density at radius 1 is 1.30 bits per heavy atom. The van der Waals surface area contributed by atoms with Crippen LogP contribution in [0.4, 0.5) is 0 Å². The molecule has 1 fully saturated rings. The molecular formula is C15H20N4O4. The summed E-state index contributed by atoms with van der Waals surface area (Å²) in [6.07, 6.45) is -0.504. The number of hydrogen-bond acceptors (Lipinski definition) is 5. The van der Waals surface area contributed by atoms with Gasteiger partial charge in [-0.05, 0) is 11.1 Å². The molecule has 8 nitrogen and oxygen atoms in total. The van der Waals surface area contributed by atoms with Gasteiger partial charge in [0.2, 0.25) is 0 Å². The minimum absolute atomic E-state index is 0.112. The van der Waals surface area contributed by atoms with E-state index in [2.05, 4.69) is 10.0 Å². The minimum Gasteiger partial charge on any atom is -0.369 e. The molecule has 1 amide bonds. The number of hydrogen-bond donors (Lipinski definition) is 0. The highest BCUT2D eigenvalue weighted by atomic mass is 16.7. The van der Waals surface area contributed by atoms with Gasteiger partial charge in [-0.15, -0.1) is 0 Å². The summed E-state index contributed by atoms with van der Waals surface area (Å²) in [4.78, 5) is 16.1. The lowest BCUT2D eigenvalue weighted by Crippen LogP contribution is -2.67. The van der Waals surface area contributed by atoms with Gasteiger partial charge in [0.05, 0.1) is 19.3 Å². The summed E-state index contributed by atoms with van der Waals surface area (Å²) in [5, 5.41) is 3.44. The molecule has 8 heteroatoms. The zero-order chi connectivity index (χ0) is 16.5. The van der Waals surface area contributed by atoms with Gasteiger partial charge in [-0.1, -0.05) is 35.4 Å². The van der Waals surface area contributed by atoms with Crippen LogP contribution in [0.5, 0.6) is 0 Å². The van der Waals surface area contributed by atoms with Crippen LogP contribution < -0.4 is 0 Å². The molecule has 1 saturated heterocycles. The number of nitrogens with zero attached hydrogens (tertiary/aromatic N) is 4. The van der Waals surface area contributed by atoms with Crippen molar-refractivity contribution in [2.45, 2.75) is 18.8 Å². The Hall–Kier alpha value is -2.12. The summed E-state index contributed by atoms with van der Waals surface area (Å²) in [7, 11) is 1.49. The Kier molecular flexibility index (Phi) is 6.83. The van der Waals surface area contributed by atoms with Crippen molar-refractivity contribution in [2.24, 2.45) is 5.11 Å². The molecule has 0 N–H and O–H groups in total. The third kappa shape index (κ3) is 4.67. The largest absolute Gasteiger partial charge is 0.369 e. The molecular weight excluding hydrogens is 300 g/mol. The van der Waals surface area contributed by atoms with Gasteiger partial charge >= 0.3 is 0 Å². The number of benzene rings is 1. The number of carbonyl (C=O) groups excluding carboxylic acids is 1. The van der Waals surface area contributed by atoms with Crippen molar-refractivity contribution < 1.29 is 19.0 Å². The zero-order valence-electron chi connectivity index (χ0n) is 13.0. The second-order valence-electron chi connectivity index (χ2n) is 5.03. The van der Waals surface area contributed by atoms with Crippen molar-refractivity contribution in [3.63, 3.8) is 0 Å². The maximum Gasteiger partial charge on any atom is 0.254 e. The van der Waals surface area contributed by atoms with E-state index in [0.717, 1.165) is 5.56 Å². The summed E-state index contributed by atoms with van der Waals surface area (Å²) in [5.41, 5.74) is 9.35. The normalized spacial score (nSPS) is 20.0. The topological polar surface area (TPSA) is 96.8 Å². The molecule has 0 radical (unpaired) electrons. The van der Waals surface area contributed by atoms with E-state index in [1.54, 1.807) is 4.90 Å². The molecule has 0 saturated carbocycles. The fourth-order valence-electron chi connectivity index (χ4n) is 2.44. The molecule has 0 aromatic heterocycles. The predicted molar refractivity (Wildman–Crippen MR) is 82.4 cm³/mol. The second-order valence-corrected chi connectivity index (χ2v) is 5.03. The van der Waals surface area contributed by atoms with Crippen molar-refractivity contribution in [1.82, 2.24) is 4.90 Å². The molecule has 0 unspecified atom stereocenters. The van der Waals surface area contributed by atoms with Crippen LogP contribution in [0.2, 0.25) is 0 Å². The second kappa shape index (κ2) is 9.12. The lowest BCUT2D eigenvalue weighted by molar-refractivity contribution is -0.180. The van der Waals surface area contributed by atoms with E-state index in [0.29, 0.717) is 19.8 Å². The molecule has 2 rings (SSSR count). The molecule has 1 aliphatic heterocycles. The van der Waals surface area contributed by atoms with Crippen LogP contribution in [0.25, 0.3) is 10.4 Å². The van der Waals surface area contributed by atoms with Crippen LogP contribution in [-0.4, -0.2) is 56.6 Å². The van der Waals surface area contributed by atoms with Crippen molar-refractivity contribution >= 4 is 5.91 Å². The Balaban J connectivity index is 1.69. The van der Waals surface area contributed by atoms with Gasteiger partial charge in [0.15, 0.2) is 6.10 Å². The van der Waals surface area contributed by atoms with E-state index in [1.807, 2.05) is 30.3 Å². The fraction of sp³-hybridized carbons (Fsp3) is 0.533. The third-order valence-electron chi connectivity index (χ3n) is 3.60. The van der Waals surface area contributed by atoms with Crippen LogP contribution in [0.3, 0.4) is 0 Å². The van der Waals surface area contributed by atoms with Crippen LogP contribution in [0.15, 0.2) is 35.4 Å². The molecule has 23 heavy (non-hydrogen) atoms. The molecule has 0 spiro atoms. The number of likely N-dealkylation sites (tertiary alicyclic amines) is 1. The highest BCUT2D eigenvalue weighted by Crippen LogP contribution is 2.22. The highest BCUT2D eigenvalue weighted by molar-refractivity contribution is 5.88. The van der Waals surface area contributed by atoms with Crippen molar-refractivity contribution in [2.75, 3.05) is 33.6 Å². The molecule has 0 aliphatic carbocycles. The van der Waals surface area contributed by atoms with Gasteiger partial charge in [0.1, 0.15) is 6.79 Å². The number of ether oxygens (including phenoxy) is 3. The third-order valence-corrected chi connectivity index (χ3v) is 3.60.